The molecule has 1 amide bonds. The lowest BCUT2D eigenvalue weighted by Crippen LogP contribution is -2.27. The van der Waals surface area contributed by atoms with Crippen LogP contribution < -0.4 is 5.32 Å². The molecule has 2 aromatic rings. The number of carbonyl (C=O) groups is 1. The van der Waals surface area contributed by atoms with Gasteiger partial charge in [-0.15, -0.1) is 0 Å². The van der Waals surface area contributed by atoms with Gasteiger partial charge in [0.15, 0.2) is 5.69 Å². The van der Waals surface area contributed by atoms with E-state index in [0.717, 1.165) is 31.0 Å². The van der Waals surface area contributed by atoms with Crippen molar-refractivity contribution in [1.82, 2.24) is 9.78 Å². The van der Waals surface area contributed by atoms with Crippen molar-refractivity contribution in [3.05, 3.63) is 47.3 Å². The highest BCUT2D eigenvalue weighted by atomic mass is 19.4. The largest absolute Gasteiger partial charge is 0.444 e. The van der Waals surface area contributed by atoms with Crippen LogP contribution >= 0.6 is 0 Å². The molecular weight excluding hydrogens is 385 g/mol. The van der Waals surface area contributed by atoms with Gasteiger partial charge in [-0.1, -0.05) is 6.92 Å². The Morgan fingerprint density at radius 2 is 2.04 bits per heavy atom. The van der Waals surface area contributed by atoms with Crippen molar-refractivity contribution >= 4 is 11.8 Å². The third-order valence-electron chi connectivity index (χ3n) is 4.37. The Balaban J connectivity index is 1.69. The van der Waals surface area contributed by atoms with E-state index in [1.165, 1.54) is 4.68 Å². The number of amides is 1. The van der Waals surface area contributed by atoms with Crippen molar-refractivity contribution in [3.8, 4) is 0 Å². The first-order valence-corrected chi connectivity index (χ1v) is 8.75. The first-order valence-electron chi connectivity index (χ1n) is 8.75. The van der Waals surface area contributed by atoms with Crippen LogP contribution in [0.2, 0.25) is 0 Å². The molecule has 0 bridgehead atoms. The third kappa shape index (κ3) is 4.79. The first-order chi connectivity index (χ1) is 13.2. The van der Waals surface area contributed by atoms with Crippen molar-refractivity contribution in [2.75, 3.05) is 5.32 Å². The van der Waals surface area contributed by atoms with Gasteiger partial charge in [0.25, 0.3) is 0 Å². The zero-order chi connectivity index (χ0) is 20.5. The number of nitrogens with one attached hydrogen (secondary N) is 1. The van der Waals surface area contributed by atoms with Gasteiger partial charge in [-0.25, -0.2) is 13.6 Å². The normalized spacial score (nSPS) is 15.4. The van der Waals surface area contributed by atoms with Gasteiger partial charge in [-0.05, 0) is 37.5 Å². The highest BCUT2D eigenvalue weighted by Crippen LogP contribution is 2.42. The summed E-state index contributed by atoms with van der Waals surface area (Å²) in [6.45, 7) is 1.64. The molecule has 28 heavy (non-hydrogen) atoms. The molecule has 1 aromatic carbocycles. The molecule has 0 aliphatic heterocycles. The van der Waals surface area contributed by atoms with E-state index in [0.29, 0.717) is 18.2 Å². The van der Waals surface area contributed by atoms with Crippen molar-refractivity contribution in [3.63, 3.8) is 0 Å². The number of nitrogens with zero attached hydrogens (tertiary/aromatic N) is 2. The minimum atomic E-state index is -4.56. The van der Waals surface area contributed by atoms with Crippen molar-refractivity contribution in [2.24, 2.45) is 0 Å². The fraction of sp³-hybridized carbons (Fsp3) is 0.444. The zero-order valence-corrected chi connectivity index (χ0v) is 14.9. The SMILES string of the molecule is CC[C@H](Cn1nc(C(F)(F)F)cc1C1CC1)OC(=O)Nc1ccc(F)cc1F. The molecule has 152 valence electrons. The van der Waals surface area contributed by atoms with Crippen LogP contribution in [0.3, 0.4) is 0 Å². The Morgan fingerprint density at radius 1 is 1.32 bits per heavy atom. The Bertz CT molecular complexity index is 861. The average molecular weight is 403 g/mol. The van der Waals surface area contributed by atoms with Gasteiger partial charge in [-0.3, -0.25) is 10.00 Å². The Kier molecular flexibility index (Phi) is 5.57. The second-order valence-corrected chi connectivity index (χ2v) is 6.59. The molecular formula is C18H18F5N3O2. The fourth-order valence-electron chi connectivity index (χ4n) is 2.75. The van der Waals surface area contributed by atoms with E-state index in [1.54, 1.807) is 6.92 Å². The highest BCUT2D eigenvalue weighted by Gasteiger charge is 2.38. The molecule has 5 nitrogen and oxygen atoms in total. The molecule has 1 fully saturated rings. The maximum Gasteiger partial charge on any atom is 0.435 e. The third-order valence-corrected chi connectivity index (χ3v) is 4.37. The molecule has 1 N–H and O–H groups in total. The molecule has 3 rings (SSSR count). The van der Waals surface area contributed by atoms with E-state index in [-0.39, 0.29) is 18.2 Å². The molecule has 1 heterocycles. The predicted octanol–water partition coefficient (Wildman–Crippen LogP) is 5.08. The number of carbonyl (C=O) groups excluding carboxylic acids is 1. The molecule has 1 atom stereocenters. The van der Waals surface area contributed by atoms with Crippen LogP contribution in [-0.4, -0.2) is 22.0 Å². The molecule has 1 aromatic heterocycles. The van der Waals surface area contributed by atoms with E-state index in [2.05, 4.69) is 10.4 Å². The van der Waals surface area contributed by atoms with Crippen LogP contribution in [0.4, 0.5) is 32.4 Å². The van der Waals surface area contributed by atoms with E-state index < -0.39 is 35.7 Å². The highest BCUT2D eigenvalue weighted by molar-refractivity contribution is 5.84. The lowest BCUT2D eigenvalue weighted by molar-refractivity contribution is -0.141. The van der Waals surface area contributed by atoms with Crippen LogP contribution in [0, 0.1) is 11.6 Å². The Labute approximate surface area is 157 Å². The summed E-state index contributed by atoms with van der Waals surface area (Å²) in [5.41, 5.74) is -0.792. The van der Waals surface area contributed by atoms with E-state index in [1.807, 2.05) is 0 Å². The van der Waals surface area contributed by atoms with Crippen LogP contribution in [0.1, 0.15) is 43.5 Å². The maximum absolute atomic E-state index is 13.6. The first kappa shape index (κ1) is 20.1. The van der Waals surface area contributed by atoms with Gasteiger partial charge in [0, 0.05) is 17.7 Å². The second kappa shape index (κ2) is 7.76. The lowest BCUT2D eigenvalue weighted by atomic mass is 10.2. The molecule has 0 unspecified atom stereocenters. The second-order valence-electron chi connectivity index (χ2n) is 6.59. The van der Waals surface area contributed by atoms with Crippen molar-refractivity contribution < 1.29 is 31.5 Å². The summed E-state index contributed by atoms with van der Waals surface area (Å²) in [7, 11) is 0. The van der Waals surface area contributed by atoms with Gasteiger partial charge < -0.3 is 4.74 Å². The number of benzene rings is 1. The van der Waals surface area contributed by atoms with Gasteiger partial charge in [0.1, 0.15) is 17.7 Å². The number of ether oxygens (including phenoxy) is 1. The summed E-state index contributed by atoms with van der Waals surface area (Å²) in [6, 6.07) is 3.65. The summed E-state index contributed by atoms with van der Waals surface area (Å²) >= 11 is 0. The summed E-state index contributed by atoms with van der Waals surface area (Å²) in [6.07, 6.45) is -4.45. The maximum atomic E-state index is 13.6. The molecule has 1 aliphatic rings. The van der Waals surface area contributed by atoms with E-state index in [4.69, 9.17) is 4.74 Å². The van der Waals surface area contributed by atoms with Gasteiger partial charge in [0.05, 0.1) is 12.2 Å². The lowest BCUT2D eigenvalue weighted by Gasteiger charge is -2.18. The number of alkyl halides is 3. The minimum absolute atomic E-state index is 0.0169. The number of halogens is 5. The molecule has 0 radical (unpaired) electrons. The van der Waals surface area contributed by atoms with E-state index >= 15 is 0 Å². The van der Waals surface area contributed by atoms with Gasteiger partial charge >= 0.3 is 12.3 Å². The summed E-state index contributed by atoms with van der Waals surface area (Å²) in [4.78, 5) is 12.0. The van der Waals surface area contributed by atoms with Crippen molar-refractivity contribution in [2.45, 2.75) is 50.9 Å². The van der Waals surface area contributed by atoms with Crippen LogP contribution in [0.5, 0.6) is 0 Å². The smallest absolute Gasteiger partial charge is 0.435 e. The zero-order valence-electron chi connectivity index (χ0n) is 14.9. The molecule has 0 saturated heterocycles. The average Bonchev–Trinajstić information content (AvgIpc) is 3.36. The van der Waals surface area contributed by atoms with E-state index in [9.17, 15) is 26.7 Å². The molecule has 1 saturated carbocycles. The van der Waals surface area contributed by atoms with Crippen molar-refractivity contribution in [1.29, 1.82) is 0 Å². The monoisotopic (exact) mass is 403 g/mol. The summed E-state index contributed by atoms with van der Waals surface area (Å²) in [5.74, 6) is -1.75. The topological polar surface area (TPSA) is 56.2 Å². The van der Waals surface area contributed by atoms with Crippen LogP contribution in [0.25, 0.3) is 0 Å². The quantitative estimate of drug-likeness (QED) is 0.684. The molecule has 0 spiro atoms. The molecule has 1 aliphatic carbocycles. The number of aromatic nitrogens is 2. The van der Waals surface area contributed by atoms with Gasteiger partial charge in [-0.2, -0.15) is 18.3 Å². The number of anilines is 1. The summed E-state index contributed by atoms with van der Waals surface area (Å²) < 4.78 is 71.8. The number of hydrogen-bond acceptors (Lipinski definition) is 3. The fourth-order valence-corrected chi connectivity index (χ4v) is 2.75. The minimum Gasteiger partial charge on any atom is -0.444 e. The van der Waals surface area contributed by atoms with Crippen LogP contribution in [-0.2, 0) is 17.5 Å². The summed E-state index contributed by atoms with van der Waals surface area (Å²) in [5, 5.41) is 5.78. The standard InChI is InChI=1S/C18H18F5N3O2/c1-2-12(28-17(27)24-14-6-5-11(19)7-13(14)20)9-26-15(10-3-4-10)8-16(25-26)18(21,22)23/h5-8,10,12H,2-4,9H2,1H3,(H,24,27)/t12-/m1/s1. The molecule has 10 heteroatoms. The Hall–Kier alpha value is -2.65. The van der Waals surface area contributed by atoms with Crippen LogP contribution in [0.15, 0.2) is 24.3 Å². The Morgan fingerprint density at radius 3 is 2.61 bits per heavy atom. The number of rotatable bonds is 6. The predicted molar refractivity (Wildman–Crippen MR) is 89.7 cm³/mol. The number of hydrogen-bond donors (Lipinski definition) is 1. The van der Waals surface area contributed by atoms with Gasteiger partial charge in [0.2, 0.25) is 0 Å².